The van der Waals surface area contributed by atoms with Gasteiger partial charge in [0, 0.05) is 12.2 Å². The van der Waals surface area contributed by atoms with E-state index in [9.17, 15) is 9.90 Å². The number of nitrogens with zero attached hydrogens (tertiary/aromatic N) is 3. The number of hydrogen-bond acceptors (Lipinski definition) is 5. The Bertz CT molecular complexity index is 587. The molecule has 2 atom stereocenters. The van der Waals surface area contributed by atoms with Gasteiger partial charge in [0.05, 0.1) is 30.2 Å². The maximum atomic E-state index is 12.0. The Morgan fingerprint density at radius 3 is 2.71 bits per heavy atom. The average molecular weight is 310 g/mol. The van der Waals surface area contributed by atoms with Crippen molar-refractivity contribution in [3.63, 3.8) is 0 Å². The van der Waals surface area contributed by atoms with Crippen molar-refractivity contribution in [2.24, 2.45) is 0 Å². The predicted octanol–water partition coefficient (Wildman–Crippen LogP) is 0.350. The van der Waals surface area contributed by atoms with Crippen molar-refractivity contribution in [3.05, 3.63) is 36.7 Å². The summed E-state index contributed by atoms with van der Waals surface area (Å²) in [5, 5.41) is 22.8. The highest BCUT2D eigenvalue weighted by Gasteiger charge is 2.27. The molecule has 0 saturated carbocycles. The molecule has 1 aromatic carbocycles. The van der Waals surface area contributed by atoms with E-state index < -0.39 is 6.10 Å². The zero-order valence-electron chi connectivity index (χ0n) is 11.1. The van der Waals surface area contributed by atoms with Gasteiger partial charge in [0.15, 0.2) is 0 Å². The van der Waals surface area contributed by atoms with E-state index >= 15 is 0 Å². The molecular formula is C13H16ClN5O2. The molecule has 2 heterocycles. The van der Waals surface area contributed by atoms with E-state index in [1.807, 2.05) is 12.1 Å². The van der Waals surface area contributed by atoms with Crippen LogP contribution in [0.2, 0.25) is 0 Å². The summed E-state index contributed by atoms with van der Waals surface area (Å²) in [7, 11) is 0. The lowest BCUT2D eigenvalue weighted by Gasteiger charge is -2.11. The SMILES string of the molecule is Cl.O=C(Nc1ccc(-n2ccnn2)cc1)C1CC(O)CN1. The van der Waals surface area contributed by atoms with Crippen molar-refractivity contribution >= 4 is 24.0 Å². The molecule has 2 aromatic rings. The van der Waals surface area contributed by atoms with Crippen molar-refractivity contribution in [1.29, 1.82) is 0 Å². The first kappa shape index (κ1) is 15.4. The maximum Gasteiger partial charge on any atom is 0.241 e. The summed E-state index contributed by atoms with van der Waals surface area (Å²) in [5.41, 5.74) is 1.58. The summed E-state index contributed by atoms with van der Waals surface area (Å²) >= 11 is 0. The van der Waals surface area contributed by atoms with Crippen molar-refractivity contribution in [1.82, 2.24) is 20.3 Å². The van der Waals surface area contributed by atoms with Gasteiger partial charge in [0.2, 0.25) is 5.91 Å². The van der Waals surface area contributed by atoms with Crippen LogP contribution in [0.4, 0.5) is 5.69 Å². The first-order valence-corrected chi connectivity index (χ1v) is 6.41. The first-order valence-electron chi connectivity index (χ1n) is 6.41. The molecule has 0 aliphatic carbocycles. The number of aliphatic hydroxyl groups is 1. The minimum absolute atomic E-state index is 0. The highest BCUT2D eigenvalue weighted by Crippen LogP contribution is 2.14. The fourth-order valence-electron chi connectivity index (χ4n) is 2.19. The van der Waals surface area contributed by atoms with E-state index in [0.29, 0.717) is 18.7 Å². The molecule has 3 N–H and O–H groups in total. The Kier molecular flexibility index (Phi) is 4.89. The zero-order chi connectivity index (χ0) is 13.9. The molecule has 1 aromatic heterocycles. The minimum Gasteiger partial charge on any atom is -0.392 e. The highest BCUT2D eigenvalue weighted by molar-refractivity contribution is 5.95. The van der Waals surface area contributed by atoms with Gasteiger partial charge in [-0.15, -0.1) is 17.5 Å². The zero-order valence-corrected chi connectivity index (χ0v) is 12.0. The number of rotatable bonds is 3. The molecule has 0 spiro atoms. The van der Waals surface area contributed by atoms with Gasteiger partial charge in [-0.25, -0.2) is 4.68 Å². The van der Waals surface area contributed by atoms with Crippen molar-refractivity contribution in [3.8, 4) is 5.69 Å². The van der Waals surface area contributed by atoms with E-state index in [2.05, 4.69) is 20.9 Å². The van der Waals surface area contributed by atoms with Crippen LogP contribution in [0.5, 0.6) is 0 Å². The van der Waals surface area contributed by atoms with Gasteiger partial charge in [-0.2, -0.15) is 0 Å². The molecule has 3 rings (SSSR count). The molecule has 8 heteroatoms. The number of hydrogen-bond donors (Lipinski definition) is 3. The second-order valence-corrected chi connectivity index (χ2v) is 4.73. The number of amides is 1. The monoisotopic (exact) mass is 309 g/mol. The largest absolute Gasteiger partial charge is 0.392 e. The fraction of sp³-hybridized carbons (Fsp3) is 0.308. The number of benzene rings is 1. The molecule has 7 nitrogen and oxygen atoms in total. The summed E-state index contributed by atoms with van der Waals surface area (Å²) in [6, 6.07) is 6.98. The third-order valence-corrected chi connectivity index (χ3v) is 3.25. The lowest BCUT2D eigenvalue weighted by Crippen LogP contribution is -2.35. The summed E-state index contributed by atoms with van der Waals surface area (Å²) < 4.78 is 1.64. The molecule has 112 valence electrons. The van der Waals surface area contributed by atoms with Crippen LogP contribution in [-0.2, 0) is 4.79 Å². The van der Waals surface area contributed by atoms with Gasteiger partial charge in [0.1, 0.15) is 0 Å². The van der Waals surface area contributed by atoms with Crippen molar-refractivity contribution in [2.45, 2.75) is 18.6 Å². The van der Waals surface area contributed by atoms with Crippen LogP contribution in [-0.4, -0.2) is 44.7 Å². The Morgan fingerprint density at radius 1 is 1.38 bits per heavy atom. The first-order chi connectivity index (χ1) is 9.72. The molecule has 1 amide bonds. The summed E-state index contributed by atoms with van der Waals surface area (Å²) in [6.07, 6.45) is 3.35. The standard InChI is InChI=1S/C13H15N5O2.ClH/c19-11-7-12(14-8-11)13(20)16-9-1-3-10(4-2-9)18-6-5-15-17-18;/h1-6,11-12,14,19H,7-8H2,(H,16,20);1H. The van der Waals surface area contributed by atoms with Crippen LogP contribution in [0, 0.1) is 0 Å². The van der Waals surface area contributed by atoms with Gasteiger partial charge in [0.25, 0.3) is 0 Å². The molecule has 0 bridgehead atoms. The number of aliphatic hydroxyl groups excluding tert-OH is 1. The summed E-state index contributed by atoms with van der Waals surface area (Å²) in [6.45, 7) is 0.462. The van der Waals surface area contributed by atoms with Crippen LogP contribution in [0.3, 0.4) is 0 Å². The van der Waals surface area contributed by atoms with Crippen LogP contribution < -0.4 is 10.6 Å². The number of carbonyl (C=O) groups is 1. The highest BCUT2D eigenvalue weighted by atomic mass is 35.5. The molecule has 1 aliphatic heterocycles. The Balaban J connectivity index is 0.00000161. The van der Waals surface area contributed by atoms with Gasteiger partial charge in [-0.1, -0.05) is 5.21 Å². The Hall–Kier alpha value is -1.96. The molecule has 1 aliphatic rings. The third kappa shape index (κ3) is 3.57. The Labute approximate surface area is 127 Å². The molecule has 1 fully saturated rings. The molecule has 0 radical (unpaired) electrons. The van der Waals surface area contributed by atoms with Crippen molar-refractivity contribution < 1.29 is 9.90 Å². The molecule has 1 saturated heterocycles. The van der Waals surface area contributed by atoms with Gasteiger partial charge < -0.3 is 15.7 Å². The quantitative estimate of drug-likeness (QED) is 0.761. The second kappa shape index (κ2) is 6.66. The summed E-state index contributed by atoms with van der Waals surface area (Å²) in [4.78, 5) is 12.0. The van der Waals surface area contributed by atoms with Gasteiger partial charge >= 0.3 is 0 Å². The van der Waals surface area contributed by atoms with Crippen LogP contribution >= 0.6 is 12.4 Å². The van der Waals surface area contributed by atoms with Crippen LogP contribution in [0.1, 0.15) is 6.42 Å². The number of nitrogens with one attached hydrogen (secondary N) is 2. The lowest BCUT2D eigenvalue weighted by atomic mass is 10.2. The van der Waals surface area contributed by atoms with E-state index in [-0.39, 0.29) is 24.4 Å². The van der Waals surface area contributed by atoms with Gasteiger partial charge in [-0.05, 0) is 30.7 Å². The lowest BCUT2D eigenvalue weighted by molar-refractivity contribution is -0.117. The number of β-amino-alcohol motifs (C(OH)–C–C–N with tert-alkyl or cyclic N) is 1. The molecule has 2 unspecified atom stereocenters. The average Bonchev–Trinajstić information content (AvgIpc) is 3.10. The fourth-order valence-corrected chi connectivity index (χ4v) is 2.19. The summed E-state index contributed by atoms with van der Waals surface area (Å²) in [5.74, 6) is -0.130. The predicted molar refractivity (Wildman–Crippen MR) is 79.7 cm³/mol. The van der Waals surface area contributed by atoms with E-state index in [4.69, 9.17) is 0 Å². The van der Waals surface area contributed by atoms with E-state index in [1.165, 1.54) is 0 Å². The maximum absolute atomic E-state index is 12.0. The second-order valence-electron chi connectivity index (χ2n) is 4.73. The van der Waals surface area contributed by atoms with E-state index in [1.54, 1.807) is 29.2 Å². The number of aromatic nitrogens is 3. The van der Waals surface area contributed by atoms with Crippen LogP contribution in [0.25, 0.3) is 5.69 Å². The number of carbonyl (C=O) groups excluding carboxylic acids is 1. The van der Waals surface area contributed by atoms with Crippen molar-refractivity contribution in [2.75, 3.05) is 11.9 Å². The minimum atomic E-state index is -0.444. The molecular weight excluding hydrogens is 294 g/mol. The van der Waals surface area contributed by atoms with Crippen LogP contribution in [0.15, 0.2) is 36.7 Å². The third-order valence-electron chi connectivity index (χ3n) is 3.25. The number of anilines is 1. The normalized spacial score (nSPS) is 20.8. The molecule has 21 heavy (non-hydrogen) atoms. The number of halogens is 1. The topological polar surface area (TPSA) is 92.1 Å². The Morgan fingerprint density at radius 2 is 2.14 bits per heavy atom. The van der Waals surface area contributed by atoms with E-state index in [0.717, 1.165) is 5.69 Å². The smallest absolute Gasteiger partial charge is 0.241 e. The van der Waals surface area contributed by atoms with Gasteiger partial charge in [-0.3, -0.25) is 4.79 Å².